The molecule has 2 aromatic heterocycles. The van der Waals surface area contributed by atoms with Gasteiger partial charge in [0, 0.05) is 17.1 Å². The lowest BCUT2D eigenvalue weighted by Crippen LogP contribution is -1.99. The summed E-state index contributed by atoms with van der Waals surface area (Å²) in [5.41, 5.74) is 9.16. The van der Waals surface area contributed by atoms with Gasteiger partial charge in [0.15, 0.2) is 5.82 Å². The summed E-state index contributed by atoms with van der Waals surface area (Å²) < 4.78 is 0. The maximum Gasteiger partial charge on any atom is 0.181 e. The topological polar surface area (TPSA) is 64.7 Å². The number of nitrogens with zero attached hydrogens (tertiary/aromatic N) is 3. The number of aryl methyl sites for hydroxylation is 1. The molecule has 2 rings (SSSR count). The largest absolute Gasteiger partial charge is 0.384 e. The normalized spacial score (nSPS) is 10.4. The molecule has 14 heavy (non-hydrogen) atoms. The molecule has 0 radical (unpaired) electrons. The van der Waals surface area contributed by atoms with Gasteiger partial charge in [-0.05, 0) is 6.42 Å². The Morgan fingerprint density at radius 3 is 2.93 bits per heavy atom. The number of hydrogen-bond acceptors (Lipinski definition) is 5. The average Bonchev–Trinajstić information content (AvgIpc) is 2.69. The van der Waals surface area contributed by atoms with Gasteiger partial charge in [-0.1, -0.05) is 6.92 Å². The van der Waals surface area contributed by atoms with Gasteiger partial charge >= 0.3 is 0 Å². The van der Waals surface area contributed by atoms with Gasteiger partial charge in [-0.2, -0.15) is 0 Å². The second-order valence-corrected chi connectivity index (χ2v) is 3.55. The fourth-order valence-corrected chi connectivity index (χ4v) is 1.67. The molecular weight excluding hydrogens is 196 g/mol. The van der Waals surface area contributed by atoms with Gasteiger partial charge in [-0.3, -0.25) is 0 Å². The zero-order chi connectivity index (χ0) is 9.97. The van der Waals surface area contributed by atoms with E-state index in [-0.39, 0.29) is 0 Å². The third kappa shape index (κ3) is 1.72. The van der Waals surface area contributed by atoms with Gasteiger partial charge in [-0.25, -0.2) is 15.0 Å². The summed E-state index contributed by atoms with van der Waals surface area (Å²) in [5.74, 6) is 1.11. The van der Waals surface area contributed by atoms with Crippen LogP contribution in [-0.2, 0) is 6.42 Å². The maximum absolute atomic E-state index is 5.67. The van der Waals surface area contributed by atoms with Crippen molar-refractivity contribution in [3.63, 3.8) is 0 Å². The summed E-state index contributed by atoms with van der Waals surface area (Å²) in [6.07, 6.45) is 0.851. The SMILES string of the molecule is CCc1cc(N)nc(-c2cscn2)n1. The van der Waals surface area contributed by atoms with Crippen molar-refractivity contribution in [2.45, 2.75) is 13.3 Å². The molecule has 2 aromatic rings. The van der Waals surface area contributed by atoms with Crippen molar-refractivity contribution in [2.24, 2.45) is 0 Å². The summed E-state index contributed by atoms with van der Waals surface area (Å²) in [6.45, 7) is 2.03. The van der Waals surface area contributed by atoms with Crippen LogP contribution in [-0.4, -0.2) is 15.0 Å². The Labute approximate surface area is 85.9 Å². The molecule has 0 aliphatic heterocycles. The highest BCUT2D eigenvalue weighted by molar-refractivity contribution is 7.07. The third-order valence-electron chi connectivity index (χ3n) is 1.82. The minimum atomic E-state index is 0.500. The predicted octanol–water partition coefficient (Wildman–Crippen LogP) is 1.74. The van der Waals surface area contributed by atoms with Crippen molar-refractivity contribution < 1.29 is 0 Å². The van der Waals surface area contributed by atoms with Gasteiger partial charge in [-0.15, -0.1) is 11.3 Å². The van der Waals surface area contributed by atoms with Gasteiger partial charge in [0.1, 0.15) is 11.5 Å². The van der Waals surface area contributed by atoms with Gasteiger partial charge in [0.25, 0.3) is 0 Å². The van der Waals surface area contributed by atoms with E-state index < -0.39 is 0 Å². The average molecular weight is 206 g/mol. The zero-order valence-electron chi connectivity index (χ0n) is 7.77. The summed E-state index contributed by atoms with van der Waals surface area (Å²) in [4.78, 5) is 12.6. The molecule has 0 unspecified atom stereocenters. The molecule has 0 fully saturated rings. The van der Waals surface area contributed by atoms with E-state index in [0.29, 0.717) is 11.6 Å². The molecule has 0 atom stereocenters. The van der Waals surface area contributed by atoms with Crippen LogP contribution in [0.2, 0.25) is 0 Å². The Hall–Kier alpha value is -1.49. The first kappa shape index (κ1) is 9.08. The third-order valence-corrected chi connectivity index (χ3v) is 2.41. The van der Waals surface area contributed by atoms with Crippen LogP contribution in [0.15, 0.2) is 17.0 Å². The van der Waals surface area contributed by atoms with Crippen LogP contribution in [0.25, 0.3) is 11.5 Å². The van der Waals surface area contributed by atoms with Crippen LogP contribution < -0.4 is 5.73 Å². The van der Waals surface area contributed by atoms with Gasteiger partial charge in [0.05, 0.1) is 5.51 Å². The number of thiazole rings is 1. The second kappa shape index (κ2) is 3.71. The maximum atomic E-state index is 5.67. The minimum absolute atomic E-state index is 0.500. The van der Waals surface area contributed by atoms with Crippen molar-refractivity contribution in [1.82, 2.24) is 15.0 Å². The monoisotopic (exact) mass is 206 g/mol. The quantitative estimate of drug-likeness (QED) is 0.813. The molecule has 0 aliphatic carbocycles. The first-order valence-electron chi connectivity index (χ1n) is 4.31. The Bertz CT molecular complexity index is 424. The Morgan fingerprint density at radius 2 is 2.29 bits per heavy atom. The minimum Gasteiger partial charge on any atom is -0.384 e. The van der Waals surface area contributed by atoms with Crippen LogP contribution in [0.5, 0.6) is 0 Å². The number of nitrogen functional groups attached to an aromatic ring is 1. The molecule has 0 amide bonds. The number of rotatable bonds is 2. The highest BCUT2D eigenvalue weighted by Crippen LogP contribution is 2.16. The standard InChI is InChI=1S/C9H10N4S/c1-2-6-3-8(10)13-9(12-6)7-4-14-5-11-7/h3-5H,2H2,1H3,(H2,10,12,13). The molecule has 0 bridgehead atoms. The summed E-state index contributed by atoms with van der Waals surface area (Å²) >= 11 is 1.52. The smallest absolute Gasteiger partial charge is 0.181 e. The highest BCUT2D eigenvalue weighted by Gasteiger charge is 2.05. The van der Waals surface area contributed by atoms with Crippen LogP contribution in [0.1, 0.15) is 12.6 Å². The summed E-state index contributed by atoms with van der Waals surface area (Å²) in [5, 5.41) is 1.91. The molecule has 0 saturated heterocycles. The molecule has 72 valence electrons. The molecule has 5 heteroatoms. The molecule has 0 spiro atoms. The van der Waals surface area contributed by atoms with Crippen LogP contribution in [0.4, 0.5) is 5.82 Å². The van der Waals surface area contributed by atoms with Crippen LogP contribution in [0, 0.1) is 0 Å². The van der Waals surface area contributed by atoms with Crippen molar-refractivity contribution >= 4 is 17.2 Å². The fraction of sp³-hybridized carbons (Fsp3) is 0.222. The Kier molecular flexibility index (Phi) is 2.41. The van der Waals surface area contributed by atoms with E-state index in [1.165, 1.54) is 11.3 Å². The lowest BCUT2D eigenvalue weighted by Gasteiger charge is -2.01. The number of nitrogens with two attached hydrogens (primary N) is 1. The molecular formula is C9H10N4S. The molecule has 0 aliphatic rings. The van der Waals surface area contributed by atoms with Crippen molar-refractivity contribution in [1.29, 1.82) is 0 Å². The Morgan fingerprint density at radius 1 is 1.43 bits per heavy atom. The van der Waals surface area contributed by atoms with Crippen molar-refractivity contribution in [3.8, 4) is 11.5 Å². The van der Waals surface area contributed by atoms with E-state index in [2.05, 4.69) is 15.0 Å². The lowest BCUT2D eigenvalue weighted by molar-refractivity contribution is 1.00. The van der Waals surface area contributed by atoms with E-state index in [9.17, 15) is 0 Å². The fourth-order valence-electron chi connectivity index (χ4n) is 1.14. The van der Waals surface area contributed by atoms with E-state index >= 15 is 0 Å². The van der Waals surface area contributed by atoms with E-state index in [1.54, 1.807) is 11.6 Å². The first-order chi connectivity index (χ1) is 6.79. The summed E-state index contributed by atoms with van der Waals surface area (Å²) in [6, 6.07) is 1.79. The number of aromatic nitrogens is 3. The zero-order valence-corrected chi connectivity index (χ0v) is 8.58. The summed E-state index contributed by atoms with van der Waals surface area (Å²) in [7, 11) is 0. The van der Waals surface area contributed by atoms with Gasteiger partial charge < -0.3 is 5.73 Å². The van der Waals surface area contributed by atoms with Crippen molar-refractivity contribution in [2.75, 3.05) is 5.73 Å². The lowest BCUT2D eigenvalue weighted by atomic mass is 10.3. The van der Waals surface area contributed by atoms with Gasteiger partial charge in [0.2, 0.25) is 0 Å². The number of anilines is 1. The number of hydrogen-bond donors (Lipinski definition) is 1. The molecule has 0 saturated carbocycles. The molecule has 2 heterocycles. The molecule has 0 aromatic carbocycles. The molecule has 2 N–H and O–H groups in total. The van der Waals surface area contributed by atoms with E-state index in [0.717, 1.165) is 17.8 Å². The first-order valence-corrected chi connectivity index (χ1v) is 5.26. The Balaban J connectivity index is 2.48. The van der Waals surface area contributed by atoms with E-state index in [1.807, 2.05) is 12.3 Å². The van der Waals surface area contributed by atoms with Crippen molar-refractivity contribution in [3.05, 3.63) is 22.7 Å². The molecule has 4 nitrogen and oxygen atoms in total. The predicted molar refractivity (Wildman–Crippen MR) is 56.9 cm³/mol. The highest BCUT2D eigenvalue weighted by atomic mass is 32.1. The van der Waals surface area contributed by atoms with Crippen LogP contribution in [0.3, 0.4) is 0 Å². The van der Waals surface area contributed by atoms with E-state index in [4.69, 9.17) is 5.73 Å². The van der Waals surface area contributed by atoms with Crippen LogP contribution >= 0.6 is 11.3 Å². The second-order valence-electron chi connectivity index (χ2n) is 2.83.